The Morgan fingerprint density at radius 2 is 2.43 bits per heavy atom. The molecule has 0 aromatic heterocycles. The molecular formula is C10H16N2O2. The highest BCUT2D eigenvalue weighted by atomic mass is 16.2. The van der Waals surface area contributed by atoms with Crippen molar-refractivity contribution in [2.45, 2.75) is 32.1 Å². The summed E-state index contributed by atoms with van der Waals surface area (Å²) in [7, 11) is 0. The predicted molar refractivity (Wildman–Crippen MR) is 51.2 cm³/mol. The van der Waals surface area contributed by atoms with Crippen LogP contribution in [-0.4, -0.2) is 18.4 Å². The molecule has 2 unspecified atom stereocenters. The Labute approximate surface area is 83.2 Å². The molecule has 0 aromatic rings. The molecule has 1 saturated heterocycles. The zero-order valence-electron chi connectivity index (χ0n) is 8.21. The summed E-state index contributed by atoms with van der Waals surface area (Å²) in [5, 5.41) is 2.86. The van der Waals surface area contributed by atoms with Gasteiger partial charge in [0.15, 0.2) is 0 Å². The van der Waals surface area contributed by atoms with Gasteiger partial charge in [-0.05, 0) is 24.2 Å². The van der Waals surface area contributed by atoms with Crippen molar-refractivity contribution in [3.05, 3.63) is 0 Å². The van der Waals surface area contributed by atoms with Gasteiger partial charge in [-0.1, -0.05) is 6.42 Å². The van der Waals surface area contributed by atoms with Crippen molar-refractivity contribution in [3.63, 3.8) is 0 Å². The van der Waals surface area contributed by atoms with Crippen LogP contribution in [0.4, 0.5) is 0 Å². The van der Waals surface area contributed by atoms with Crippen molar-refractivity contribution < 1.29 is 9.59 Å². The summed E-state index contributed by atoms with van der Waals surface area (Å²) in [4.78, 5) is 22.1. The van der Waals surface area contributed by atoms with Gasteiger partial charge < -0.3 is 11.1 Å². The molecule has 2 rings (SSSR count). The molecule has 1 spiro atoms. The number of primary amides is 1. The van der Waals surface area contributed by atoms with E-state index >= 15 is 0 Å². The minimum Gasteiger partial charge on any atom is -0.370 e. The molecule has 2 atom stereocenters. The molecular weight excluding hydrogens is 180 g/mol. The van der Waals surface area contributed by atoms with Crippen LogP contribution in [0.15, 0.2) is 0 Å². The van der Waals surface area contributed by atoms with E-state index < -0.39 is 0 Å². The Morgan fingerprint density at radius 1 is 1.64 bits per heavy atom. The van der Waals surface area contributed by atoms with Crippen LogP contribution in [0.1, 0.15) is 32.1 Å². The van der Waals surface area contributed by atoms with Gasteiger partial charge in [0.1, 0.15) is 0 Å². The predicted octanol–water partition coefficient (Wildman–Crippen LogP) is 0.168. The molecule has 78 valence electrons. The molecule has 14 heavy (non-hydrogen) atoms. The fraction of sp³-hybridized carbons (Fsp3) is 0.800. The highest BCUT2D eigenvalue weighted by Gasteiger charge is 2.47. The summed E-state index contributed by atoms with van der Waals surface area (Å²) in [6.45, 7) is 0.740. The van der Waals surface area contributed by atoms with Crippen molar-refractivity contribution in [1.29, 1.82) is 0 Å². The Balaban J connectivity index is 2.09. The summed E-state index contributed by atoms with van der Waals surface area (Å²) >= 11 is 0. The molecule has 3 N–H and O–H groups in total. The molecule has 4 nitrogen and oxygen atoms in total. The standard InChI is InChI=1S/C10H16N2O2/c11-8(13)4-7-2-1-3-10(7)5-9(14)12-6-10/h7H,1-6H2,(H2,11,13)(H,12,14). The highest BCUT2D eigenvalue weighted by Crippen LogP contribution is 2.49. The first-order valence-electron chi connectivity index (χ1n) is 5.17. The zero-order valence-corrected chi connectivity index (χ0v) is 8.21. The number of amides is 2. The topological polar surface area (TPSA) is 72.2 Å². The van der Waals surface area contributed by atoms with Gasteiger partial charge in [-0.3, -0.25) is 9.59 Å². The van der Waals surface area contributed by atoms with E-state index in [0.29, 0.717) is 18.8 Å². The third kappa shape index (κ3) is 1.49. The zero-order chi connectivity index (χ0) is 10.2. The van der Waals surface area contributed by atoms with Gasteiger partial charge in [-0.25, -0.2) is 0 Å². The molecule has 1 saturated carbocycles. The smallest absolute Gasteiger partial charge is 0.220 e. The Kier molecular flexibility index (Phi) is 2.21. The number of carbonyl (C=O) groups excluding carboxylic acids is 2. The molecule has 1 heterocycles. The number of carbonyl (C=O) groups is 2. The number of nitrogens with two attached hydrogens (primary N) is 1. The first kappa shape index (κ1) is 9.49. The molecule has 4 heteroatoms. The van der Waals surface area contributed by atoms with Crippen molar-refractivity contribution in [2.75, 3.05) is 6.54 Å². The van der Waals surface area contributed by atoms with Crippen LogP contribution in [0.25, 0.3) is 0 Å². The summed E-state index contributed by atoms with van der Waals surface area (Å²) in [5.74, 6) is 0.205. The average molecular weight is 196 g/mol. The lowest BCUT2D eigenvalue weighted by atomic mass is 9.75. The largest absolute Gasteiger partial charge is 0.370 e. The Bertz CT molecular complexity index is 277. The molecule has 0 bridgehead atoms. The normalized spacial score (nSPS) is 36.3. The third-order valence-electron chi connectivity index (χ3n) is 3.69. The van der Waals surface area contributed by atoms with Crippen LogP contribution in [-0.2, 0) is 9.59 Å². The van der Waals surface area contributed by atoms with E-state index in [-0.39, 0.29) is 17.2 Å². The van der Waals surface area contributed by atoms with Crippen LogP contribution < -0.4 is 11.1 Å². The van der Waals surface area contributed by atoms with Crippen LogP contribution in [0.5, 0.6) is 0 Å². The maximum Gasteiger partial charge on any atom is 0.220 e. The van der Waals surface area contributed by atoms with Gasteiger partial charge >= 0.3 is 0 Å². The number of hydrogen-bond donors (Lipinski definition) is 2. The van der Waals surface area contributed by atoms with Crippen molar-refractivity contribution in [3.8, 4) is 0 Å². The lowest BCUT2D eigenvalue weighted by molar-refractivity contribution is -0.122. The average Bonchev–Trinajstić information content (AvgIpc) is 2.62. The number of nitrogens with one attached hydrogen (secondary N) is 1. The maximum atomic E-state index is 11.2. The SMILES string of the molecule is NC(=O)CC1CCCC12CNC(=O)C2. The van der Waals surface area contributed by atoms with E-state index in [1.807, 2.05) is 0 Å². The molecule has 1 aliphatic carbocycles. The monoisotopic (exact) mass is 196 g/mol. The molecule has 0 radical (unpaired) electrons. The van der Waals surface area contributed by atoms with E-state index in [9.17, 15) is 9.59 Å². The summed E-state index contributed by atoms with van der Waals surface area (Å²) < 4.78 is 0. The summed E-state index contributed by atoms with van der Waals surface area (Å²) in [6, 6.07) is 0. The minimum atomic E-state index is -0.240. The van der Waals surface area contributed by atoms with Crippen LogP contribution in [0.3, 0.4) is 0 Å². The first-order chi connectivity index (χ1) is 6.62. The molecule has 0 aromatic carbocycles. The van der Waals surface area contributed by atoms with E-state index in [0.717, 1.165) is 25.8 Å². The van der Waals surface area contributed by atoms with E-state index in [4.69, 9.17) is 5.73 Å². The van der Waals surface area contributed by atoms with Crippen molar-refractivity contribution >= 4 is 11.8 Å². The Morgan fingerprint density at radius 3 is 3.00 bits per heavy atom. The minimum absolute atomic E-state index is 0.0477. The third-order valence-corrected chi connectivity index (χ3v) is 3.69. The first-order valence-corrected chi connectivity index (χ1v) is 5.17. The maximum absolute atomic E-state index is 11.2. The second-order valence-corrected chi connectivity index (χ2v) is 4.58. The second-order valence-electron chi connectivity index (χ2n) is 4.58. The number of hydrogen-bond acceptors (Lipinski definition) is 2. The van der Waals surface area contributed by atoms with Gasteiger partial charge in [0.25, 0.3) is 0 Å². The van der Waals surface area contributed by atoms with Gasteiger partial charge in [0.2, 0.25) is 11.8 Å². The van der Waals surface area contributed by atoms with Gasteiger partial charge in [-0.15, -0.1) is 0 Å². The second kappa shape index (κ2) is 3.26. The van der Waals surface area contributed by atoms with Gasteiger partial charge in [0, 0.05) is 19.4 Å². The van der Waals surface area contributed by atoms with E-state index in [2.05, 4.69) is 5.32 Å². The fourth-order valence-corrected chi connectivity index (χ4v) is 2.96. The summed E-state index contributed by atoms with van der Waals surface area (Å²) in [5.41, 5.74) is 5.26. The number of rotatable bonds is 2. The summed E-state index contributed by atoms with van der Waals surface area (Å²) in [6.07, 6.45) is 4.24. The van der Waals surface area contributed by atoms with Crippen LogP contribution >= 0.6 is 0 Å². The fourth-order valence-electron chi connectivity index (χ4n) is 2.96. The molecule has 1 aliphatic heterocycles. The van der Waals surface area contributed by atoms with Crippen LogP contribution in [0.2, 0.25) is 0 Å². The van der Waals surface area contributed by atoms with E-state index in [1.165, 1.54) is 0 Å². The molecule has 2 fully saturated rings. The molecule has 2 aliphatic rings. The van der Waals surface area contributed by atoms with E-state index in [1.54, 1.807) is 0 Å². The van der Waals surface area contributed by atoms with Crippen molar-refractivity contribution in [1.82, 2.24) is 5.32 Å². The molecule has 2 amide bonds. The Hall–Kier alpha value is -1.06. The highest BCUT2D eigenvalue weighted by molar-refractivity contribution is 5.80. The lowest BCUT2D eigenvalue weighted by Crippen LogP contribution is -2.31. The van der Waals surface area contributed by atoms with Crippen LogP contribution in [0, 0.1) is 11.3 Å². The van der Waals surface area contributed by atoms with Gasteiger partial charge in [0.05, 0.1) is 0 Å². The van der Waals surface area contributed by atoms with Crippen molar-refractivity contribution in [2.24, 2.45) is 17.1 Å². The van der Waals surface area contributed by atoms with Gasteiger partial charge in [-0.2, -0.15) is 0 Å². The lowest BCUT2D eigenvalue weighted by Gasteiger charge is -2.28. The quantitative estimate of drug-likeness (QED) is 0.660.